The number of rotatable bonds is 6. The van der Waals surface area contributed by atoms with Crippen molar-refractivity contribution in [3.63, 3.8) is 0 Å². The topological polar surface area (TPSA) is 73.2 Å². The fourth-order valence-electron chi connectivity index (χ4n) is 2.22. The first-order valence-electron chi connectivity index (χ1n) is 6.74. The minimum absolute atomic E-state index is 0.114. The van der Waals surface area contributed by atoms with Gasteiger partial charge in [-0.15, -0.1) is 0 Å². The number of nitrogens with one attached hydrogen (secondary N) is 1. The summed E-state index contributed by atoms with van der Waals surface area (Å²) in [6.07, 6.45) is 0. The molecule has 1 aromatic rings. The van der Waals surface area contributed by atoms with Crippen LogP contribution in [0.4, 0.5) is 0 Å². The number of nitriles is 1. The molecule has 1 N–H and O–H groups in total. The van der Waals surface area contributed by atoms with Gasteiger partial charge in [0.2, 0.25) is 0 Å². The van der Waals surface area contributed by atoms with Gasteiger partial charge in [-0.1, -0.05) is 6.92 Å². The summed E-state index contributed by atoms with van der Waals surface area (Å²) in [5, 5.41) is 11.9. The van der Waals surface area contributed by atoms with Crippen LogP contribution >= 0.6 is 0 Å². The average molecular weight is 293 g/mol. The van der Waals surface area contributed by atoms with Crippen LogP contribution in [-0.2, 0) is 9.84 Å². The van der Waals surface area contributed by atoms with Gasteiger partial charge in [0.15, 0.2) is 9.84 Å². The molecule has 0 radical (unpaired) electrons. The summed E-state index contributed by atoms with van der Waals surface area (Å²) in [5.41, 5.74) is 0.472. The highest BCUT2D eigenvalue weighted by Gasteiger charge is 2.25. The van der Waals surface area contributed by atoms with Gasteiger partial charge in [0.1, 0.15) is 0 Å². The molecule has 1 aliphatic rings. The van der Waals surface area contributed by atoms with Gasteiger partial charge < -0.3 is 5.32 Å². The van der Waals surface area contributed by atoms with Crippen LogP contribution < -0.4 is 5.32 Å². The summed E-state index contributed by atoms with van der Waals surface area (Å²) in [6.45, 7) is 5.32. The van der Waals surface area contributed by atoms with Crippen molar-refractivity contribution in [1.29, 1.82) is 5.26 Å². The molecule has 1 fully saturated rings. The minimum atomic E-state index is -3.28. The quantitative estimate of drug-likeness (QED) is 0.832. The van der Waals surface area contributed by atoms with Gasteiger partial charge >= 0.3 is 0 Å². The number of nitrogens with zero attached hydrogens (tertiary/aromatic N) is 2. The van der Waals surface area contributed by atoms with Crippen molar-refractivity contribution in [1.82, 2.24) is 10.2 Å². The first kappa shape index (κ1) is 15.0. The Morgan fingerprint density at radius 2 is 2.00 bits per heavy atom. The SMILES string of the molecule is CCN(CCS(=O)(=O)c1ccc(C#N)cc1)C1CNC1. The van der Waals surface area contributed by atoms with Crippen molar-refractivity contribution in [2.75, 3.05) is 31.9 Å². The Morgan fingerprint density at radius 1 is 1.35 bits per heavy atom. The molecular formula is C14H19N3O2S. The second-order valence-electron chi connectivity index (χ2n) is 4.90. The van der Waals surface area contributed by atoms with Crippen molar-refractivity contribution in [2.24, 2.45) is 0 Å². The zero-order chi connectivity index (χ0) is 14.6. The predicted molar refractivity (Wildman–Crippen MR) is 77.1 cm³/mol. The maximum absolute atomic E-state index is 12.3. The fraction of sp³-hybridized carbons (Fsp3) is 0.500. The molecule has 108 valence electrons. The van der Waals surface area contributed by atoms with E-state index >= 15 is 0 Å². The third-order valence-electron chi connectivity index (χ3n) is 3.67. The summed E-state index contributed by atoms with van der Waals surface area (Å²) in [7, 11) is -3.28. The van der Waals surface area contributed by atoms with Crippen molar-refractivity contribution in [3.05, 3.63) is 29.8 Å². The van der Waals surface area contributed by atoms with E-state index in [2.05, 4.69) is 10.2 Å². The van der Waals surface area contributed by atoms with E-state index in [1.165, 1.54) is 12.1 Å². The highest BCUT2D eigenvalue weighted by atomic mass is 32.2. The Morgan fingerprint density at radius 3 is 2.45 bits per heavy atom. The van der Waals surface area contributed by atoms with Crippen molar-refractivity contribution >= 4 is 9.84 Å². The zero-order valence-corrected chi connectivity index (χ0v) is 12.4. The monoisotopic (exact) mass is 293 g/mol. The Kier molecular flexibility index (Phi) is 4.76. The standard InChI is InChI=1S/C14H19N3O2S/c1-2-17(13-10-16-11-13)7-8-20(18,19)14-5-3-12(9-15)4-6-14/h3-6,13,16H,2,7-8,10-11H2,1H3. The predicted octanol–water partition coefficient (Wildman–Crippen LogP) is 0.626. The minimum Gasteiger partial charge on any atom is -0.314 e. The van der Waals surface area contributed by atoms with E-state index in [1.54, 1.807) is 12.1 Å². The Hall–Kier alpha value is -1.42. The van der Waals surface area contributed by atoms with E-state index in [-0.39, 0.29) is 5.75 Å². The van der Waals surface area contributed by atoms with E-state index in [1.807, 2.05) is 13.0 Å². The van der Waals surface area contributed by atoms with E-state index in [9.17, 15) is 8.42 Å². The van der Waals surface area contributed by atoms with Gasteiger partial charge in [0.25, 0.3) is 0 Å². The largest absolute Gasteiger partial charge is 0.314 e. The van der Waals surface area contributed by atoms with Crippen molar-refractivity contribution < 1.29 is 8.42 Å². The van der Waals surface area contributed by atoms with E-state index in [4.69, 9.17) is 5.26 Å². The molecule has 2 rings (SSSR count). The second kappa shape index (κ2) is 6.35. The Bertz CT molecular complexity index is 586. The van der Waals surface area contributed by atoms with E-state index in [0.29, 0.717) is 23.0 Å². The molecule has 0 saturated carbocycles. The van der Waals surface area contributed by atoms with Crippen molar-refractivity contribution in [2.45, 2.75) is 17.9 Å². The Labute approximate surface area is 120 Å². The smallest absolute Gasteiger partial charge is 0.179 e. The number of likely N-dealkylation sites (N-methyl/N-ethyl adjacent to an activating group) is 1. The van der Waals surface area contributed by atoms with Gasteiger partial charge in [-0.3, -0.25) is 4.90 Å². The van der Waals surface area contributed by atoms with Gasteiger partial charge in [-0.2, -0.15) is 5.26 Å². The molecule has 0 atom stereocenters. The van der Waals surface area contributed by atoms with Crippen LogP contribution in [0.5, 0.6) is 0 Å². The van der Waals surface area contributed by atoms with Crippen molar-refractivity contribution in [3.8, 4) is 6.07 Å². The molecule has 1 heterocycles. The highest BCUT2D eigenvalue weighted by molar-refractivity contribution is 7.91. The first-order valence-corrected chi connectivity index (χ1v) is 8.39. The third kappa shape index (κ3) is 3.37. The zero-order valence-electron chi connectivity index (χ0n) is 11.5. The molecule has 1 aliphatic heterocycles. The number of sulfone groups is 1. The molecule has 0 unspecified atom stereocenters. The lowest BCUT2D eigenvalue weighted by atomic mass is 10.1. The van der Waals surface area contributed by atoms with Crippen LogP contribution in [0.2, 0.25) is 0 Å². The highest BCUT2D eigenvalue weighted by Crippen LogP contribution is 2.13. The second-order valence-corrected chi connectivity index (χ2v) is 7.00. The number of hydrogen-bond donors (Lipinski definition) is 1. The molecular weight excluding hydrogens is 274 g/mol. The normalized spacial score (nSPS) is 15.8. The molecule has 0 amide bonds. The number of hydrogen-bond acceptors (Lipinski definition) is 5. The van der Waals surface area contributed by atoms with Gasteiger partial charge in [-0.05, 0) is 30.8 Å². The lowest BCUT2D eigenvalue weighted by Gasteiger charge is -2.37. The molecule has 1 aromatic carbocycles. The molecule has 5 nitrogen and oxygen atoms in total. The summed E-state index contributed by atoms with van der Waals surface area (Å²) in [4.78, 5) is 2.48. The summed E-state index contributed by atoms with van der Waals surface area (Å²) >= 11 is 0. The molecule has 0 spiro atoms. The fourth-order valence-corrected chi connectivity index (χ4v) is 3.48. The van der Waals surface area contributed by atoms with Crippen LogP contribution in [0.1, 0.15) is 12.5 Å². The first-order chi connectivity index (χ1) is 9.56. The lowest BCUT2D eigenvalue weighted by Crippen LogP contribution is -2.57. The lowest BCUT2D eigenvalue weighted by molar-refractivity contribution is 0.161. The van der Waals surface area contributed by atoms with Crippen LogP contribution in [0.3, 0.4) is 0 Å². The molecule has 6 heteroatoms. The van der Waals surface area contributed by atoms with Gasteiger partial charge in [0.05, 0.1) is 22.3 Å². The third-order valence-corrected chi connectivity index (χ3v) is 5.38. The average Bonchev–Trinajstić information content (AvgIpc) is 2.41. The molecule has 0 aliphatic carbocycles. The maximum Gasteiger partial charge on any atom is 0.179 e. The van der Waals surface area contributed by atoms with Gasteiger partial charge in [-0.25, -0.2) is 8.42 Å². The molecule has 0 aromatic heterocycles. The van der Waals surface area contributed by atoms with E-state index < -0.39 is 9.84 Å². The van der Waals surface area contributed by atoms with Crippen LogP contribution in [-0.4, -0.2) is 51.3 Å². The van der Waals surface area contributed by atoms with Crippen LogP contribution in [0.15, 0.2) is 29.2 Å². The Balaban J connectivity index is 2.00. The molecule has 0 bridgehead atoms. The van der Waals surface area contributed by atoms with Crippen LogP contribution in [0, 0.1) is 11.3 Å². The molecule has 1 saturated heterocycles. The maximum atomic E-state index is 12.3. The van der Waals surface area contributed by atoms with Gasteiger partial charge in [0, 0.05) is 25.7 Å². The summed E-state index contributed by atoms with van der Waals surface area (Å²) < 4.78 is 24.5. The van der Waals surface area contributed by atoms with Crippen LogP contribution in [0.25, 0.3) is 0 Å². The number of benzene rings is 1. The summed E-state index contributed by atoms with van der Waals surface area (Å²) in [6, 6.07) is 8.54. The summed E-state index contributed by atoms with van der Waals surface area (Å²) in [5.74, 6) is 0.114. The molecule has 20 heavy (non-hydrogen) atoms. The van der Waals surface area contributed by atoms with E-state index in [0.717, 1.165) is 19.6 Å².